The lowest BCUT2D eigenvalue weighted by Crippen LogP contribution is -2.27. The van der Waals surface area contributed by atoms with E-state index in [1.54, 1.807) is 48.5 Å². The molecule has 3 amide bonds. The van der Waals surface area contributed by atoms with Gasteiger partial charge in [0, 0.05) is 17.6 Å². The predicted octanol–water partition coefficient (Wildman–Crippen LogP) is 4.53. The molecule has 1 aliphatic heterocycles. The number of carbonyl (C=O) groups is 3. The topological polar surface area (TPSA) is 66.5 Å². The molecule has 0 aromatic heterocycles. The standard InChI is InChI=1S/C19H15ClN2O3S/c1-12(23)21-15-8-6-13(7-9-15)10-17-18(24)22(19(25)26-17)11-14-4-2-3-5-16(14)20/h2-10H,11H2,1H3,(H,21,23). The monoisotopic (exact) mass is 386 g/mol. The molecule has 0 bridgehead atoms. The second-order valence-electron chi connectivity index (χ2n) is 5.66. The summed E-state index contributed by atoms with van der Waals surface area (Å²) in [6, 6.07) is 14.1. The highest BCUT2D eigenvalue weighted by molar-refractivity contribution is 8.18. The first-order valence-electron chi connectivity index (χ1n) is 7.80. The van der Waals surface area contributed by atoms with Crippen molar-refractivity contribution in [1.29, 1.82) is 0 Å². The van der Waals surface area contributed by atoms with E-state index in [2.05, 4.69) is 5.32 Å². The maximum Gasteiger partial charge on any atom is 0.293 e. The van der Waals surface area contributed by atoms with Gasteiger partial charge in [0.25, 0.3) is 11.1 Å². The third kappa shape index (κ3) is 4.15. The number of nitrogens with one attached hydrogen (secondary N) is 1. The first-order valence-corrected chi connectivity index (χ1v) is 9.00. The molecule has 1 N–H and O–H groups in total. The van der Waals surface area contributed by atoms with Crippen molar-refractivity contribution < 1.29 is 14.4 Å². The van der Waals surface area contributed by atoms with Gasteiger partial charge in [-0.1, -0.05) is 41.9 Å². The molecule has 7 heteroatoms. The molecular weight excluding hydrogens is 372 g/mol. The highest BCUT2D eigenvalue weighted by Gasteiger charge is 2.35. The van der Waals surface area contributed by atoms with E-state index in [9.17, 15) is 14.4 Å². The lowest BCUT2D eigenvalue weighted by atomic mass is 10.2. The van der Waals surface area contributed by atoms with Gasteiger partial charge < -0.3 is 5.32 Å². The Balaban J connectivity index is 1.76. The van der Waals surface area contributed by atoms with Gasteiger partial charge >= 0.3 is 0 Å². The number of rotatable bonds is 4. The number of imide groups is 1. The van der Waals surface area contributed by atoms with E-state index in [0.717, 1.165) is 22.9 Å². The third-order valence-electron chi connectivity index (χ3n) is 3.69. The number of carbonyl (C=O) groups excluding carboxylic acids is 3. The van der Waals surface area contributed by atoms with Crippen LogP contribution in [0.2, 0.25) is 5.02 Å². The Kier molecular flexibility index (Phi) is 5.44. The summed E-state index contributed by atoms with van der Waals surface area (Å²) < 4.78 is 0. The van der Waals surface area contributed by atoms with Crippen LogP contribution in [0, 0.1) is 0 Å². The molecule has 26 heavy (non-hydrogen) atoms. The molecule has 5 nitrogen and oxygen atoms in total. The van der Waals surface area contributed by atoms with Gasteiger partial charge in [-0.25, -0.2) is 0 Å². The molecule has 0 aliphatic carbocycles. The van der Waals surface area contributed by atoms with Gasteiger partial charge in [0.2, 0.25) is 5.91 Å². The molecule has 0 spiro atoms. The lowest BCUT2D eigenvalue weighted by molar-refractivity contribution is -0.123. The summed E-state index contributed by atoms with van der Waals surface area (Å²) in [6.07, 6.45) is 1.66. The lowest BCUT2D eigenvalue weighted by Gasteiger charge is -2.13. The van der Waals surface area contributed by atoms with Crippen LogP contribution >= 0.6 is 23.4 Å². The normalized spacial score (nSPS) is 15.6. The smallest absolute Gasteiger partial charge is 0.293 e. The van der Waals surface area contributed by atoms with Crippen molar-refractivity contribution in [3.8, 4) is 0 Å². The van der Waals surface area contributed by atoms with E-state index < -0.39 is 0 Å². The molecule has 0 saturated carbocycles. The average Bonchev–Trinajstić information content (AvgIpc) is 2.85. The van der Waals surface area contributed by atoms with Crippen LogP contribution in [-0.2, 0) is 16.1 Å². The minimum atomic E-state index is -0.342. The Morgan fingerprint density at radius 3 is 2.50 bits per heavy atom. The van der Waals surface area contributed by atoms with Crippen LogP contribution in [0.25, 0.3) is 6.08 Å². The minimum absolute atomic E-state index is 0.142. The highest BCUT2D eigenvalue weighted by atomic mass is 35.5. The van der Waals surface area contributed by atoms with Crippen LogP contribution < -0.4 is 5.32 Å². The number of hydrogen-bond acceptors (Lipinski definition) is 4. The number of thioether (sulfide) groups is 1. The molecule has 3 rings (SSSR count). The number of amides is 3. The van der Waals surface area contributed by atoms with Crippen LogP contribution in [0.5, 0.6) is 0 Å². The van der Waals surface area contributed by atoms with E-state index >= 15 is 0 Å². The van der Waals surface area contributed by atoms with E-state index in [4.69, 9.17) is 11.6 Å². The van der Waals surface area contributed by atoms with Crippen molar-refractivity contribution in [1.82, 2.24) is 4.90 Å². The Labute approximate surface area is 160 Å². The molecule has 2 aromatic rings. The zero-order valence-electron chi connectivity index (χ0n) is 13.9. The zero-order chi connectivity index (χ0) is 18.7. The zero-order valence-corrected chi connectivity index (χ0v) is 15.4. The second kappa shape index (κ2) is 7.76. The minimum Gasteiger partial charge on any atom is -0.326 e. The van der Waals surface area contributed by atoms with E-state index in [1.165, 1.54) is 11.8 Å². The maximum atomic E-state index is 12.6. The van der Waals surface area contributed by atoms with Crippen molar-refractivity contribution in [3.05, 3.63) is 69.6 Å². The largest absolute Gasteiger partial charge is 0.326 e. The summed E-state index contributed by atoms with van der Waals surface area (Å²) >= 11 is 7.02. The molecule has 0 radical (unpaired) electrons. The summed E-state index contributed by atoms with van der Waals surface area (Å²) in [6.45, 7) is 1.58. The molecule has 2 aromatic carbocycles. The van der Waals surface area contributed by atoms with Crippen LogP contribution in [0.4, 0.5) is 10.5 Å². The first kappa shape index (κ1) is 18.2. The molecule has 1 saturated heterocycles. The Hall–Kier alpha value is -2.57. The van der Waals surface area contributed by atoms with Gasteiger partial charge in [0.1, 0.15) is 0 Å². The van der Waals surface area contributed by atoms with Crippen LogP contribution in [0.1, 0.15) is 18.1 Å². The van der Waals surface area contributed by atoms with E-state index in [1.807, 2.05) is 6.07 Å². The van der Waals surface area contributed by atoms with Crippen LogP contribution in [0.15, 0.2) is 53.4 Å². The van der Waals surface area contributed by atoms with Crippen molar-refractivity contribution in [2.45, 2.75) is 13.5 Å². The summed E-state index contributed by atoms with van der Waals surface area (Å²) in [5, 5.41) is 2.87. The number of anilines is 1. The van der Waals surface area contributed by atoms with Crippen molar-refractivity contribution in [3.63, 3.8) is 0 Å². The maximum absolute atomic E-state index is 12.6. The first-order chi connectivity index (χ1) is 12.4. The number of hydrogen-bond donors (Lipinski definition) is 1. The summed E-state index contributed by atoms with van der Waals surface area (Å²) in [5.74, 6) is -0.496. The van der Waals surface area contributed by atoms with Gasteiger partial charge in [-0.3, -0.25) is 19.3 Å². The van der Waals surface area contributed by atoms with Crippen LogP contribution in [0.3, 0.4) is 0 Å². The second-order valence-corrected chi connectivity index (χ2v) is 7.06. The van der Waals surface area contributed by atoms with Gasteiger partial charge in [-0.2, -0.15) is 0 Å². The molecule has 1 fully saturated rings. The average molecular weight is 387 g/mol. The molecule has 1 aliphatic rings. The fourth-order valence-corrected chi connectivity index (χ4v) is 3.48. The van der Waals surface area contributed by atoms with Crippen LogP contribution in [-0.4, -0.2) is 22.0 Å². The summed E-state index contributed by atoms with van der Waals surface area (Å²) in [7, 11) is 0. The van der Waals surface area contributed by atoms with Crippen molar-refractivity contribution in [2.24, 2.45) is 0 Å². The van der Waals surface area contributed by atoms with Gasteiger partial charge in [-0.15, -0.1) is 0 Å². The number of halogens is 1. The number of benzene rings is 2. The third-order valence-corrected chi connectivity index (χ3v) is 4.96. The summed E-state index contributed by atoms with van der Waals surface area (Å²) in [4.78, 5) is 37.4. The van der Waals surface area contributed by atoms with Gasteiger partial charge in [0.05, 0.1) is 11.4 Å². The predicted molar refractivity (Wildman–Crippen MR) is 104 cm³/mol. The summed E-state index contributed by atoms with van der Waals surface area (Å²) in [5.41, 5.74) is 2.15. The Bertz CT molecular complexity index is 909. The molecule has 1 heterocycles. The van der Waals surface area contributed by atoms with E-state index in [0.29, 0.717) is 15.6 Å². The van der Waals surface area contributed by atoms with Crippen molar-refractivity contribution >= 4 is 52.2 Å². The molecule has 0 unspecified atom stereocenters. The molecule has 0 atom stereocenters. The highest BCUT2D eigenvalue weighted by Crippen LogP contribution is 2.34. The fourth-order valence-electron chi connectivity index (χ4n) is 2.45. The Morgan fingerprint density at radius 1 is 1.15 bits per heavy atom. The molecular formula is C19H15ClN2O3S. The van der Waals surface area contributed by atoms with Gasteiger partial charge in [0.15, 0.2) is 0 Å². The fraction of sp³-hybridized carbons (Fsp3) is 0.105. The quantitative estimate of drug-likeness (QED) is 0.783. The Morgan fingerprint density at radius 2 is 1.85 bits per heavy atom. The van der Waals surface area contributed by atoms with Gasteiger partial charge in [-0.05, 0) is 47.2 Å². The number of nitrogens with zero attached hydrogens (tertiary/aromatic N) is 1. The molecule has 132 valence electrons. The SMILES string of the molecule is CC(=O)Nc1ccc(C=C2SC(=O)N(Cc3ccccc3Cl)C2=O)cc1. The van der Waals surface area contributed by atoms with Crippen molar-refractivity contribution in [2.75, 3.05) is 5.32 Å². The van der Waals surface area contributed by atoms with E-state index in [-0.39, 0.29) is 23.6 Å².